The van der Waals surface area contributed by atoms with Crippen LogP contribution in [0.1, 0.15) is 64.7 Å². The van der Waals surface area contributed by atoms with E-state index in [1.54, 1.807) is 0 Å². The summed E-state index contributed by atoms with van der Waals surface area (Å²) in [4.78, 5) is 12.4. The molecule has 3 N–H and O–H groups in total. The van der Waals surface area contributed by atoms with E-state index in [-0.39, 0.29) is 5.91 Å². The van der Waals surface area contributed by atoms with Crippen LogP contribution in [0.3, 0.4) is 0 Å². The maximum absolute atomic E-state index is 12.4. The van der Waals surface area contributed by atoms with Gasteiger partial charge < -0.3 is 11.1 Å². The van der Waals surface area contributed by atoms with Crippen LogP contribution in [0.4, 0.5) is 0 Å². The molecule has 2 aliphatic carbocycles. The van der Waals surface area contributed by atoms with Gasteiger partial charge in [0, 0.05) is 11.3 Å². The molecule has 0 radical (unpaired) electrons. The van der Waals surface area contributed by atoms with E-state index < -0.39 is 5.54 Å². The van der Waals surface area contributed by atoms with E-state index in [2.05, 4.69) is 12.2 Å². The fourth-order valence-electron chi connectivity index (χ4n) is 3.40. The fraction of sp³-hybridized carbons (Fsp3) is 0.933. The molecule has 2 atom stereocenters. The summed E-state index contributed by atoms with van der Waals surface area (Å²) in [5.41, 5.74) is 5.72. The first-order chi connectivity index (χ1) is 9.14. The Morgan fingerprint density at radius 3 is 2.68 bits per heavy atom. The van der Waals surface area contributed by atoms with Crippen molar-refractivity contribution in [3.63, 3.8) is 0 Å². The van der Waals surface area contributed by atoms with Gasteiger partial charge in [-0.1, -0.05) is 32.6 Å². The first-order valence-corrected chi connectivity index (χ1v) is 8.90. The van der Waals surface area contributed by atoms with Crippen LogP contribution in [0.25, 0.3) is 0 Å². The van der Waals surface area contributed by atoms with Crippen LogP contribution in [0.2, 0.25) is 0 Å². The van der Waals surface area contributed by atoms with Crippen molar-refractivity contribution in [2.45, 2.75) is 81.5 Å². The number of nitrogens with two attached hydrogens (primary N) is 1. The van der Waals surface area contributed by atoms with E-state index in [9.17, 15) is 4.79 Å². The van der Waals surface area contributed by atoms with Crippen LogP contribution >= 0.6 is 11.8 Å². The Morgan fingerprint density at radius 1 is 1.26 bits per heavy atom. The number of hydrogen-bond donors (Lipinski definition) is 2. The highest BCUT2D eigenvalue weighted by atomic mass is 32.2. The summed E-state index contributed by atoms with van der Waals surface area (Å²) < 4.78 is 0. The van der Waals surface area contributed by atoms with Crippen LogP contribution in [0.5, 0.6) is 0 Å². The molecular weight excluding hydrogens is 256 g/mol. The predicted molar refractivity (Wildman–Crippen MR) is 82.3 cm³/mol. The topological polar surface area (TPSA) is 55.1 Å². The summed E-state index contributed by atoms with van der Waals surface area (Å²) in [5.74, 6) is 1.28. The molecule has 2 fully saturated rings. The second kappa shape index (κ2) is 6.98. The summed E-state index contributed by atoms with van der Waals surface area (Å²) >= 11 is 2.04. The van der Waals surface area contributed by atoms with Crippen LogP contribution < -0.4 is 11.1 Å². The third-order valence-electron chi connectivity index (χ3n) is 4.56. The second-order valence-electron chi connectivity index (χ2n) is 6.13. The number of amides is 1. The van der Waals surface area contributed by atoms with Crippen molar-refractivity contribution >= 4 is 17.7 Å². The number of nitrogens with one attached hydrogen (secondary N) is 1. The Hall–Kier alpha value is -0.220. The zero-order valence-corrected chi connectivity index (χ0v) is 12.9. The molecule has 0 heterocycles. The molecule has 0 aromatic heterocycles. The lowest BCUT2D eigenvalue weighted by atomic mass is 9.81. The molecule has 110 valence electrons. The summed E-state index contributed by atoms with van der Waals surface area (Å²) in [6.45, 7) is 2.21. The molecule has 2 rings (SSSR count). The van der Waals surface area contributed by atoms with Gasteiger partial charge in [-0.15, -0.1) is 0 Å². The molecule has 4 heteroatoms. The third kappa shape index (κ3) is 4.12. The standard InChI is InChI=1S/C15H28N2OS/c1-2-19-13-8-6-7-12(11-13)17-14(18)15(16)9-4-3-5-10-15/h12-13H,2-11,16H2,1H3,(H,17,18). The zero-order chi connectivity index (χ0) is 13.7. The average Bonchev–Trinajstić information content (AvgIpc) is 2.40. The number of hydrogen-bond acceptors (Lipinski definition) is 3. The van der Waals surface area contributed by atoms with Crippen molar-refractivity contribution in [3.05, 3.63) is 0 Å². The van der Waals surface area contributed by atoms with Crippen molar-refractivity contribution in [2.75, 3.05) is 5.75 Å². The van der Waals surface area contributed by atoms with Crippen LogP contribution in [-0.4, -0.2) is 28.5 Å². The van der Waals surface area contributed by atoms with Crippen molar-refractivity contribution in [3.8, 4) is 0 Å². The van der Waals surface area contributed by atoms with E-state index in [1.165, 1.54) is 25.0 Å². The molecule has 3 nitrogen and oxygen atoms in total. The molecule has 0 saturated heterocycles. The molecule has 0 aliphatic heterocycles. The number of carbonyl (C=O) groups is 1. The molecule has 2 saturated carbocycles. The lowest BCUT2D eigenvalue weighted by Crippen LogP contribution is -2.57. The first-order valence-electron chi connectivity index (χ1n) is 7.85. The van der Waals surface area contributed by atoms with Gasteiger partial charge in [-0.2, -0.15) is 11.8 Å². The smallest absolute Gasteiger partial charge is 0.240 e. The molecule has 0 bridgehead atoms. The number of carbonyl (C=O) groups excluding carboxylic acids is 1. The fourth-order valence-corrected chi connectivity index (χ4v) is 4.58. The summed E-state index contributed by atoms with van der Waals surface area (Å²) in [6.07, 6.45) is 9.94. The Kier molecular flexibility index (Phi) is 5.58. The lowest BCUT2D eigenvalue weighted by molar-refractivity contribution is -0.128. The molecule has 0 aromatic rings. The molecule has 2 aliphatic rings. The highest BCUT2D eigenvalue weighted by Gasteiger charge is 2.36. The van der Waals surface area contributed by atoms with Gasteiger partial charge in [0.05, 0.1) is 5.54 Å². The van der Waals surface area contributed by atoms with Gasteiger partial charge in [0.2, 0.25) is 5.91 Å². The Labute approximate surface area is 121 Å². The average molecular weight is 284 g/mol. The zero-order valence-electron chi connectivity index (χ0n) is 12.1. The van der Waals surface area contributed by atoms with Gasteiger partial charge in [-0.05, 0) is 37.9 Å². The van der Waals surface area contributed by atoms with Crippen molar-refractivity contribution in [1.29, 1.82) is 0 Å². The highest BCUT2D eigenvalue weighted by molar-refractivity contribution is 7.99. The maximum Gasteiger partial charge on any atom is 0.240 e. The SMILES string of the molecule is CCSC1CCCC(NC(=O)C2(N)CCCCC2)C1. The van der Waals surface area contributed by atoms with Gasteiger partial charge in [-0.25, -0.2) is 0 Å². The Balaban J connectivity index is 1.84. The Morgan fingerprint density at radius 2 is 2.00 bits per heavy atom. The normalized spacial score (nSPS) is 30.8. The minimum atomic E-state index is -0.580. The summed E-state index contributed by atoms with van der Waals surface area (Å²) in [6, 6.07) is 0.354. The quantitative estimate of drug-likeness (QED) is 0.834. The van der Waals surface area contributed by atoms with Crippen molar-refractivity contribution < 1.29 is 4.79 Å². The lowest BCUT2D eigenvalue weighted by Gasteiger charge is -2.35. The van der Waals surface area contributed by atoms with Crippen molar-refractivity contribution in [2.24, 2.45) is 5.73 Å². The third-order valence-corrected chi connectivity index (χ3v) is 5.79. The first kappa shape index (κ1) is 15.2. The van der Waals surface area contributed by atoms with E-state index in [0.29, 0.717) is 6.04 Å². The second-order valence-corrected chi connectivity index (χ2v) is 7.71. The van der Waals surface area contributed by atoms with Gasteiger partial charge in [0.1, 0.15) is 0 Å². The largest absolute Gasteiger partial charge is 0.352 e. The van der Waals surface area contributed by atoms with E-state index in [1.807, 2.05) is 11.8 Å². The van der Waals surface area contributed by atoms with Gasteiger partial charge in [-0.3, -0.25) is 4.79 Å². The molecule has 0 spiro atoms. The monoisotopic (exact) mass is 284 g/mol. The minimum Gasteiger partial charge on any atom is -0.352 e. The van der Waals surface area contributed by atoms with E-state index >= 15 is 0 Å². The molecule has 2 unspecified atom stereocenters. The summed E-state index contributed by atoms with van der Waals surface area (Å²) in [7, 11) is 0. The number of thioether (sulfide) groups is 1. The van der Waals surface area contributed by atoms with E-state index in [4.69, 9.17) is 5.73 Å². The predicted octanol–water partition coefficient (Wildman–Crippen LogP) is 2.83. The van der Waals surface area contributed by atoms with Crippen molar-refractivity contribution in [1.82, 2.24) is 5.32 Å². The molecule has 1 amide bonds. The molecule has 0 aromatic carbocycles. The van der Waals surface area contributed by atoms with Gasteiger partial charge in [0.25, 0.3) is 0 Å². The highest BCUT2D eigenvalue weighted by Crippen LogP contribution is 2.30. The molecular formula is C15H28N2OS. The van der Waals surface area contributed by atoms with Crippen LogP contribution in [-0.2, 0) is 4.79 Å². The van der Waals surface area contributed by atoms with E-state index in [0.717, 1.165) is 43.8 Å². The van der Waals surface area contributed by atoms with Crippen LogP contribution in [0.15, 0.2) is 0 Å². The maximum atomic E-state index is 12.4. The van der Waals surface area contributed by atoms with Gasteiger partial charge in [0.15, 0.2) is 0 Å². The summed E-state index contributed by atoms with van der Waals surface area (Å²) in [5, 5.41) is 3.97. The molecule has 19 heavy (non-hydrogen) atoms. The van der Waals surface area contributed by atoms with Gasteiger partial charge >= 0.3 is 0 Å². The number of rotatable bonds is 4. The Bertz CT molecular complexity index is 301. The minimum absolute atomic E-state index is 0.111. The van der Waals surface area contributed by atoms with Crippen LogP contribution in [0, 0.1) is 0 Å².